The molecule has 0 spiro atoms. The van der Waals surface area contributed by atoms with E-state index in [9.17, 15) is 0 Å². The van der Waals surface area contributed by atoms with Crippen LogP contribution in [0, 0.1) is 0 Å². The first-order valence-corrected chi connectivity index (χ1v) is 7.44. The number of benzene rings is 1. The van der Waals surface area contributed by atoms with Gasteiger partial charge in [-0.1, -0.05) is 0 Å². The van der Waals surface area contributed by atoms with Crippen molar-refractivity contribution in [1.29, 1.82) is 0 Å². The summed E-state index contributed by atoms with van der Waals surface area (Å²) in [6.45, 7) is 4.34. The van der Waals surface area contributed by atoms with E-state index in [0.29, 0.717) is 5.92 Å². The molecule has 4 rings (SSSR count). The first kappa shape index (κ1) is 12.0. The number of nitrogen functional groups attached to an aromatic ring is 1. The van der Waals surface area contributed by atoms with E-state index in [-0.39, 0.29) is 0 Å². The molecule has 0 radical (unpaired) electrons. The molecule has 1 aliphatic carbocycles. The zero-order chi connectivity index (χ0) is 13.7. The third-order valence-corrected chi connectivity index (χ3v) is 4.38. The second-order valence-corrected chi connectivity index (χ2v) is 6.06. The Hall–Kier alpha value is -1.75. The smallest absolute Gasteiger partial charge is 0.132 e. The van der Waals surface area contributed by atoms with Crippen molar-refractivity contribution >= 4 is 16.7 Å². The zero-order valence-corrected chi connectivity index (χ0v) is 11.9. The summed E-state index contributed by atoms with van der Waals surface area (Å²) >= 11 is 0. The number of aromatic nitrogens is 2. The Bertz CT molecular complexity index is 635. The third-order valence-electron chi connectivity index (χ3n) is 4.38. The number of piperazine rings is 1. The van der Waals surface area contributed by atoms with E-state index < -0.39 is 0 Å². The number of nitrogens with zero attached hydrogens (tertiary/aromatic N) is 4. The highest BCUT2D eigenvalue weighted by Crippen LogP contribution is 2.41. The molecule has 2 heterocycles. The van der Waals surface area contributed by atoms with E-state index in [1.807, 2.05) is 12.1 Å². The number of rotatable bonds is 2. The van der Waals surface area contributed by atoms with Crippen LogP contribution in [0.5, 0.6) is 0 Å². The van der Waals surface area contributed by atoms with E-state index in [1.165, 1.54) is 24.2 Å². The van der Waals surface area contributed by atoms with Gasteiger partial charge in [0, 0.05) is 37.8 Å². The van der Waals surface area contributed by atoms with Gasteiger partial charge in [-0.3, -0.25) is 0 Å². The molecule has 0 bridgehead atoms. The van der Waals surface area contributed by atoms with E-state index in [0.717, 1.165) is 37.4 Å². The molecule has 0 atom stereocenters. The minimum Gasteiger partial charge on any atom is -0.399 e. The average molecular weight is 271 g/mol. The van der Waals surface area contributed by atoms with E-state index in [4.69, 9.17) is 10.7 Å². The molecule has 5 heteroatoms. The Labute approximate surface area is 118 Å². The maximum Gasteiger partial charge on any atom is 0.132 e. The van der Waals surface area contributed by atoms with Crippen LogP contribution in [0.4, 0.5) is 5.69 Å². The van der Waals surface area contributed by atoms with E-state index in [2.05, 4.69) is 27.7 Å². The van der Waals surface area contributed by atoms with Crippen LogP contribution >= 0.6 is 0 Å². The van der Waals surface area contributed by atoms with Gasteiger partial charge >= 0.3 is 0 Å². The van der Waals surface area contributed by atoms with Gasteiger partial charge in [-0.05, 0) is 38.1 Å². The largest absolute Gasteiger partial charge is 0.399 e. The number of hydrogen-bond donors (Lipinski definition) is 1. The maximum absolute atomic E-state index is 5.90. The molecule has 1 aromatic heterocycles. The van der Waals surface area contributed by atoms with E-state index in [1.54, 1.807) is 0 Å². The molecular weight excluding hydrogens is 250 g/mol. The topological polar surface area (TPSA) is 50.3 Å². The lowest BCUT2D eigenvalue weighted by Crippen LogP contribution is -2.50. The van der Waals surface area contributed by atoms with Crippen LogP contribution in [0.1, 0.15) is 24.6 Å². The van der Waals surface area contributed by atoms with Crippen LogP contribution < -0.4 is 10.7 Å². The van der Waals surface area contributed by atoms with Crippen molar-refractivity contribution in [2.24, 2.45) is 0 Å². The third kappa shape index (κ3) is 1.93. The lowest BCUT2D eigenvalue weighted by molar-refractivity contribution is 0.287. The highest BCUT2D eigenvalue weighted by atomic mass is 15.6. The molecule has 5 nitrogen and oxygen atoms in total. The van der Waals surface area contributed by atoms with Crippen LogP contribution in [-0.2, 0) is 0 Å². The predicted molar refractivity (Wildman–Crippen MR) is 81.6 cm³/mol. The molecule has 1 aliphatic heterocycles. The van der Waals surface area contributed by atoms with Gasteiger partial charge in [-0.15, -0.1) is 0 Å². The fourth-order valence-electron chi connectivity index (χ4n) is 3.00. The average Bonchev–Trinajstić information content (AvgIpc) is 3.21. The number of likely N-dealkylation sites (N-methyl/N-ethyl adjacent to an activating group) is 1. The van der Waals surface area contributed by atoms with Crippen LogP contribution in [0.15, 0.2) is 18.2 Å². The van der Waals surface area contributed by atoms with Gasteiger partial charge in [-0.2, -0.15) is 0 Å². The van der Waals surface area contributed by atoms with Gasteiger partial charge in [0.1, 0.15) is 5.82 Å². The van der Waals surface area contributed by atoms with Gasteiger partial charge in [0.2, 0.25) is 0 Å². The summed E-state index contributed by atoms with van der Waals surface area (Å²) in [7, 11) is 2.19. The first-order valence-electron chi connectivity index (χ1n) is 7.44. The molecule has 2 aliphatic rings. The summed E-state index contributed by atoms with van der Waals surface area (Å²) in [5, 5.41) is 2.44. The van der Waals surface area contributed by atoms with Crippen molar-refractivity contribution in [3.05, 3.63) is 24.0 Å². The summed E-state index contributed by atoms with van der Waals surface area (Å²) in [5.41, 5.74) is 8.93. The molecule has 2 N–H and O–H groups in total. The van der Waals surface area contributed by atoms with Crippen LogP contribution in [0.25, 0.3) is 11.0 Å². The maximum atomic E-state index is 5.90. The summed E-state index contributed by atoms with van der Waals surface area (Å²) in [6, 6.07) is 6.09. The van der Waals surface area contributed by atoms with Crippen molar-refractivity contribution in [3.63, 3.8) is 0 Å². The first-order chi connectivity index (χ1) is 9.72. The summed E-state index contributed by atoms with van der Waals surface area (Å²) in [5.74, 6) is 1.87. The minimum absolute atomic E-state index is 0.642. The van der Waals surface area contributed by atoms with Gasteiger partial charge < -0.3 is 15.6 Å². The highest BCUT2D eigenvalue weighted by Gasteiger charge is 2.32. The molecule has 1 saturated carbocycles. The summed E-state index contributed by atoms with van der Waals surface area (Å²) < 4.78 is 2.36. The molecular formula is C15H21N5. The Morgan fingerprint density at radius 2 is 1.90 bits per heavy atom. The molecule has 1 saturated heterocycles. The standard InChI is InChI=1S/C15H21N5/c1-18-6-8-19(9-7-18)20-14-5-4-12(16)10-13(14)17-15(20)11-2-3-11/h4-5,10-11H,2-3,6-9,16H2,1H3. The van der Waals surface area contributed by atoms with Gasteiger partial charge in [0.25, 0.3) is 0 Å². The van der Waals surface area contributed by atoms with Crippen molar-refractivity contribution in [2.45, 2.75) is 18.8 Å². The minimum atomic E-state index is 0.642. The predicted octanol–water partition coefficient (Wildman–Crippen LogP) is 1.38. The van der Waals surface area contributed by atoms with Gasteiger partial charge in [0.05, 0.1) is 11.0 Å². The van der Waals surface area contributed by atoms with Crippen molar-refractivity contribution < 1.29 is 0 Å². The van der Waals surface area contributed by atoms with E-state index >= 15 is 0 Å². The quantitative estimate of drug-likeness (QED) is 0.838. The Morgan fingerprint density at radius 3 is 2.60 bits per heavy atom. The molecule has 1 aromatic carbocycles. The van der Waals surface area contributed by atoms with Crippen LogP contribution in [0.3, 0.4) is 0 Å². The number of hydrogen-bond acceptors (Lipinski definition) is 4. The summed E-state index contributed by atoms with van der Waals surface area (Å²) in [4.78, 5) is 7.24. The summed E-state index contributed by atoms with van der Waals surface area (Å²) in [6.07, 6.45) is 2.54. The number of nitrogens with two attached hydrogens (primary N) is 1. The number of fused-ring (bicyclic) bond motifs is 1. The number of imidazole rings is 1. The Kier molecular flexibility index (Phi) is 2.63. The molecule has 106 valence electrons. The van der Waals surface area contributed by atoms with Crippen molar-refractivity contribution in [2.75, 3.05) is 44.0 Å². The zero-order valence-electron chi connectivity index (χ0n) is 11.9. The Morgan fingerprint density at radius 1 is 1.15 bits per heavy atom. The number of anilines is 1. The lowest BCUT2D eigenvalue weighted by atomic mass is 10.3. The monoisotopic (exact) mass is 271 g/mol. The highest BCUT2D eigenvalue weighted by molar-refractivity contribution is 5.80. The lowest BCUT2D eigenvalue weighted by Gasteiger charge is -2.35. The van der Waals surface area contributed by atoms with Crippen molar-refractivity contribution in [3.8, 4) is 0 Å². The molecule has 2 aromatic rings. The fraction of sp³-hybridized carbons (Fsp3) is 0.533. The normalized spacial score (nSPS) is 20.8. The Balaban J connectivity index is 1.81. The van der Waals surface area contributed by atoms with Crippen LogP contribution in [0.2, 0.25) is 0 Å². The molecule has 0 unspecified atom stereocenters. The van der Waals surface area contributed by atoms with Gasteiger partial charge in [-0.25, -0.2) is 9.66 Å². The van der Waals surface area contributed by atoms with Gasteiger partial charge in [0.15, 0.2) is 0 Å². The fourth-order valence-corrected chi connectivity index (χ4v) is 3.00. The molecule has 20 heavy (non-hydrogen) atoms. The molecule has 2 fully saturated rings. The second kappa shape index (κ2) is 4.38. The van der Waals surface area contributed by atoms with Crippen molar-refractivity contribution in [1.82, 2.24) is 14.6 Å². The SMILES string of the molecule is CN1CCN(n2c(C3CC3)nc3cc(N)ccc32)CC1. The second-order valence-electron chi connectivity index (χ2n) is 6.06. The van der Waals surface area contributed by atoms with Crippen LogP contribution in [-0.4, -0.2) is 47.8 Å². The molecule has 0 amide bonds.